The summed E-state index contributed by atoms with van der Waals surface area (Å²) in [6.45, 7) is 32.4. The van der Waals surface area contributed by atoms with Crippen LogP contribution in [-0.2, 0) is 28.6 Å². The Hall–Kier alpha value is -2.72. The molecule has 89 heavy (non-hydrogen) atoms. The summed E-state index contributed by atoms with van der Waals surface area (Å²) in [5.74, 6) is -0.484. The first-order valence-electron chi connectivity index (χ1n) is 29.8. The molecule has 489 valence electrons. The molecular formula is C66H95BCl6N6NaO9. The molecule has 4 unspecified atom stereocenters. The molecule has 4 aliphatic rings. The van der Waals surface area contributed by atoms with Gasteiger partial charge in [-0.3, -0.25) is 25.7 Å². The number of nitrogens with zero attached hydrogens (tertiary/aromatic N) is 5. The van der Waals surface area contributed by atoms with Crippen LogP contribution in [0.1, 0.15) is 138 Å². The molecule has 0 spiro atoms. The van der Waals surface area contributed by atoms with Crippen molar-refractivity contribution in [1.82, 2.24) is 20.0 Å². The maximum atomic E-state index is 11.7. The van der Waals surface area contributed by atoms with Crippen LogP contribution in [-0.4, -0.2) is 159 Å². The van der Waals surface area contributed by atoms with Crippen LogP contribution in [0.2, 0.25) is 30.1 Å². The Bertz CT molecular complexity index is 2720. The Morgan fingerprint density at radius 3 is 1.26 bits per heavy atom. The van der Waals surface area contributed by atoms with Gasteiger partial charge in [-0.05, 0) is 173 Å². The fourth-order valence-electron chi connectivity index (χ4n) is 11.2. The molecule has 8 rings (SSSR count). The number of aldehydes is 1. The van der Waals surface area contributed by atoms with E-state index in [0.29, 0.717) is 56.9 Å². The quantitative estimate of drug-likeness (QED) is 0.0376. The monoisotopic (exact) mass is 1360 g/mol. The number of halogens is 6. The third kappa shape index (κ3) is 30.5. The fourth-order valence-corrected chi connectivity index (χ4v) is 12.5. The second kappa shape index (κ2) is 41.2. The van der Waals surface area contributed by atoms with Crippen molar-refractivity contribution >= 4 is 113 Å². The molecule has 4 fully saturated rings. The number of hydrogen-bond acceptors (Lipinski definition) is 14. The second-order valence-corrected chi connectivity index (χ2v) is 28.1. The molecule has 4 aromatic carbocycles. The minimum absolute atomic E-state index is 0. The fraction of sp³-hybridized carbons (Fsp3) is 0.576. The molecule has 1 radical (unpaired) electrons. The van der Waals surface area contributed by atoms with E-state index in [-0.39, 0.29) is 52.5 Å². The zero-order valence-electron chi connectivity index (χ0n) is 54.3. The molecule has 23 heteroatoms. The summed E-state index contributed by atoms with van der Waals surface area (Å²) in [4.78, 5) is 50.2. The molecule has 4 aromatic rings. The number of likely N-dealkylation sites (tertiary alicyclic amines) is 1. The molecule has 4 aliphatic heterocycles. The van der Waals surface area contributed by atoms with Crippen LogP contribution >= 0.6 is 69.6 Å². The van der Waals surface area contributed by atoms with E-state index in [2.05, 4.69) is 87.3 Å². The van der Waals surface area contributed by atoms with E-state index in [4.69, 9.17) is 79.1 Å². The van der Waals surface area contributed by atoms with Crippen molar-refractivity contribution in [2.24, 2.45) is 22.7 Å². The van der Waals surface area contributed by atoms with E-state index in [1.165, 1.54) is 44.6 Å². The van der Waals surface area contributed by atoms with Gasteiger partial charge in [-0.15, -0.1) is 0 Å². The summed E-state index contributed by atoms with van der Waals surface area (Å²) in [5.41, 5.74) is 3.46. The maximum absolute atomic E-state index is 11.7. The van der Waals surface area contributed by atoms with Gasteiger partial charge in [0, 0.05) is 92.7 Å². The number of ether oxygens (including phenoxy) is 1. The van der Waals surface area contributed by atoms with Crippen LogP contribution in [0, 0.1) is 22.7 Å². The topological polar surface area (TPSA) is 195 Å². The second-order valence-electron chi connectivity index (χ2n) is 25.6. The zero-order chi connectivity index (χ0) is 65.3. The van der Waals surface area contributed by atoms with Crippen molar-refractivity contribution in [1.29, 1.82) is 0 Å². The summed E-state index contributed by atoms with van der Waals surface area (Å²) < 4.78 is 11.7. The molecule has 0 amide bonds. The molecule has 5 N–H and O–H groups in total. The molecule has 0 aromatic heterocycles. The van der Waals surface area contributed by atoms with Crippen LogP contribution in [0.4, 0.5) is 11.4 Å². The van der Waals surface area contributed by atoms with Gasteiger partial charge >= 0.3 is 53.9 Å². The smallest absolute Gasteiger partial charge is 1.00 e. The maximum Gasteiger partial charge on any atom is 1.00 e. The number of anilines is 2. The molecule has 0 saturated carbocycles. The Labute approximate surface area is 584 Å². The number of nitrogens with one attached hydrogen (secondary N) is 1. The van der Waals surface area contributed by atoms with Crippen molar-refractivity contribution in [3.05, 3.63) is 126 Å². The van der Waals surface area contributed by atoms with Gasteiger partial charge in [0.1, 0.15) is 6.29 Å². The number of piperazine rings is 2. The predicted octanol–water partition coefficient (Wildman–Crippen LogP) is 10.2. The summed E-state index contributed by atoms with van der Waals surface area (Å²) in [7, 11) is 3.25. The Kier molecular flexibility index (Phi) is 39.0. The SMILES string of the molecule is CC(=O)OC(C)=O.CC(C)(C)CC=O.CC(C)(C)CCN1CCC(C(C)(O)CN2CCN(c3ccc(Cl)cc3Cl)C(c3ccc(Cl)cc3)C2)CC1.CC(O)(CN1CCN(c2ccc(Cl)cc2Cl)C(c2ccc(Cl)cc2)C1)C1CCNCC1.C[C-]=O.O.[B]=O.[Na+]. The van der Waals surface area contributed by atoms with Gasteiger partial charge < -0.3 is 50.0 Å². The van der Waals surface area contributed by atoms with Gasteiger partial charge in [-0.25, -0.2) is 0 Å². The van der Waals surface area contributed by atoms with Gasteiger partial charge in [0.25, 0.3) is 0 Å². The number of esters is 2. The molecule has 4 saturated heterocycles. The van der Waals surface area contributed by atoms with Crippen LogP contribution in [0.5, 0.6) is 0 Å². The zero-order valence-corrected chi connectivity index (χ0v) is 60.9. The van der Waals surface area contributed by atoms with Gasteiger partial charge in [0.15, 0.2) is 0 Å². The van der Waals surface area contributed by atoms with Crippen molar-refractivity contribution in [3.8, 4) is 0 Å². The normalized spacial score (nSPS) is 18.9. The number of β-amino-alcohol motifs (C(OH)–C–C–N with tert-alkyl or cyclic N) is 2. The molecule has 0 aliphatic carbocycles. The number of rotatable bonds is 13. The van der Waals surface area contributed by atoms with E-state index < -0.39 is 23.1 Å². The largest absolute Gasteiger partial charge is 1.00 e. The van der Waals surface area contributed by atoms with E-state index in [9.17, 15) is 24.6 Å². The standard InChI is InChI=1S/C30H42Cl3N3O.C24H30Cl3N3O.C6H12O.C4H6O3.C2H3O.BO.Na.H2O/c1-29(2,3)13-16-34-14-11-23(12-15-34)30(4,37)21-35-17-18-36(27-10-9-25(32)19-26(27)33)28(20-35)22-5-7-24(31)8-6-22;1-24(31,18-8-10-28-11-9-18)16-29-12-13-30(22-7-6-20(26)14-21(22)27)23(15-29)17-2-4-19(25)5-3-17;1-6(2,3)4-5-7;1-3(5)7-4(2)6;1-2-3;1-2;;/h5-10,19,23,28,37H,11-18,20-21H2,1-4H3;2-7,14,18,23,28,31H,8-13,15-16H2,1H3;5H,4H2,1-3H3;1-2H3;1H3;;;1H2/q;;;;-1;;+1;. The number of carbonyl (C=O) groups excluding carboxylic acids is 4. The Morgan fingerprint density at radius 2 is 0.955 bits per heavy atom. The summed E-state index contributed by atoms with van der Waals surface area (Å²) in [6, 6.07) is 27.7. The first-order valence-corrected chi connectivity index (χ1v) is 32.0. The van der Waals surface area contributed by atoms with Gasteiger partial charge in [-0.2, -0.15) is 6.92 Å². The van der Waals surface area contributed by atoms with Crippen LogP contribution in [0.25, 0.3) is 0 Å². The third-order valence-corrected chi connectivity index (χ3v) is 17.4. The van der Waals surface area contributed by atoms with Crippen molar-refractivity contribution in [2.45, 2.75) is 138 Å². The molecule has 4 atom stereocenters. The minimum atomic E-state index is -0.721. The third-order valence-electron chi connectivity index (χ3n) is 15.8. The van der Waals surface area contributed by atoms with Crippen LogP contribution in [0.3, 0.4) is 0 Å². The number of hydrogen-bond donors (Lipinski definition) is 3. The van der Waals surface area contributed by atoms with Crippen molar-refractivity contribution in [2.75, 3.05) is 94.9 Å². The van der Waals surface area contributed by atoms with E-state index in [1.54, 1.807) is 6.07 Å². The summed E-state index contributed by atoms with van der Waals surface area (Å²) in [5, 5.41) is 30.4. The van der Waals surface area contributed by atoms with Crippen molar-refractivity contribution in [3.63, 3.8) is 0 Å². The number of piperidine rings is 2. The first kappa shape index (κ1) is 84.3. The van der Waals surface area contributed by atoms with Gasteiger partial charge in [0.05, 0.1) is 44.7 Å². The van der Waals surface area contributed by atoms with Crippen LogP contribution < -0.4 is 44.7 Å². The van der Waals surface area contributed by atoms with Crippen LogP contribution in [0.15, 0.2) is 84.9 Å². The molecular weight excluding hydrogens is 1270 g/mol. The average Bonchev–Trinajstić information content (AvgIpc) is 1.63. The van der Waals surface area contributed by atoms with Gasteiger partial charge in [0.2, 0.25) is 0 Å². The number of carbonyl (C=O) groups is 3. The average molecular weight is 1360 g/mol. The molecule has 4 heterocycles. The molecule has 0 bridgehead atoms. The van der Waals surface area contributed by atoms with E-state index >= 15 is 0 Å². The summed E-state index contributed by atoms with van der Waals surface area (Å²) in [6.07, 6.45) is 8.48. The molecule has 15 nitrogen and oxygen atoms in total. The van der Waals surface area contributed by atoms with E-state index in [1.807, 2.05) is 89.2 Å². The predicted molar refractivity (Wildman–Crippen MR) is 363 cm³/mol. The Balaban J connectivity index is 0.000000684. The van der Waals surface area contributed by atoms with E-state index in [0.717, 1.165) is 125 Å². The number of aliphatic hydroxyl groups is 2. The Morgan fingerprint density at radius 1 is 0.596 bits per heavy atom. The van der Waals surface area contributed by atoms with Crippen molar-refractivity contribution < 1.29 is 73.9 Å². The first-order chi connectivity index (χ1) is 40.8. The minimum Gasteiger partial charge on any atom is 1.00 e. The van der Waals surface area contributed by atoms with Gasteiger partial charge in [-0.1, -0.05) is 135 Å². The number of benzene rings is 4. The summed E-state index contributed by atoms with van der Waals surface area (Å²) >= 11 is 37.9.